The molecule has 174 valence electrons. The number of hydrogen-bond donors (Lipinski definition) is 1. The summed E-state index contributed by atoms with van der Waals surface area (Å²) >= 11 is 0. The molecule has 1 N–H and O–H groups in total. The lowest BCUT2D eigenvalue weighted by Gasteiger charge is -2.26. The summed E-state index contributed by atoms with van der Waals surface area (Å²) in [6.07, 6.45) is 3.17. The minimum atomic E-state index is -0.823. The zero-order valence-electron chi connectivity index (χ0n) is 18.8. The number of carbonyl (C=O) groups excluding carboxylic acids is 2. The summed E-state index contributed by atoms with van der Waals surface area (Å²) in [7, 11) is 0. The minimum absolute atomic E-state index is 0.0122. The second-order valence-electron chi connectivity index (χ2n) is 7.87. The fraction of sp³-hybridized carbons (Fsp3) is 0.400. The molecule has 8 nitrogen and oxygen atoms in total. The lowest BCUT2D eigenvalue weighted by Crippen LogP contribution is -2.36. The molecule has 1 amide bonds. The number of aromatic nitrogens is 1. The number of carbonyl (C=O) groups is 2. The lowest BCUT2D eigenvalue weighted by atomic mass is 9.97. The highest BCUT2D eigenvalue weighted by Crippen LogP contribution is 2.41. The van der Waals surface area contributed by atoms with E-state index in [9.17, 15) is 14.7 Å². The predicted octanol–water partition coefficient (Wildman–Crippen LogP) is 3.48. The van der Waals surface area contributed by atoms with E-state index in [1.165, 1.54) is 4.90 Å². The van der Waals surface area contributed by atoms with E-state index < -0.39 is 17.7 Å². The summed E-state index contributed by atoms with van der Waals surface area (Å²) in [6.45, 7) is 5.41. The largest absolute Gasteiger partial charge is 0.507 e. The van der Waals surface area contributed by atoms with Gasteiger partial charge in [0, 0.05) is 25.4 Å². The third-order valence-electron chi connectivity index (χ3n) is 5.75. The van der Waals surface area contributed by atoms with E-state index in [-0.39, 0.29) is 24.0 Å². The Morgan fingerprint density at radius 1 is 1.18 bits per heavy atom. The summed E-state index contributed by atoms with van der Waals surface area (Å²) in [4.78, 5) is 32.1. The molecule has 1 aromatic carbocycles. The third-order valence-corrected chi connectivity index (χ3v) is 5.75. The summed E-state index contributed by atoms with van der Waals surface area (Å²) in [5.41, 5.74) is 0.804. The Balaban J connectivity index is 1.82. The first-order valence-electron chi connectivity index (χ1n) is 11.3. The van der Waals surface area contributed by atoms with Crippen LogP contribution >= 0.6 is 0 Å². The Bertz CT molecular complexity index is 1050. The number of amides is 1. The second kappa shape index (κ2) is 10.0. The SMILES string of the molecule is CCOc1ccc(/C(O)=C2/C(=O)C(=O)N(CC3CCCO3)C2c2ccccn2)c(OCC)c1. The number of rotatable bonds is 8. The quantitative estimate of drug-likeness (QED) is 0.372. The highest BCUT2D eigenvalue weighted by Gasteiger charge is 2.47. The van der Waals surface area contributed by atoms with Crippen LogP contribution in [0.3, 0.4) is 0 Å². The number of nitrogens with zero attached hydrogens (tertiary/aromatic N) is 2. The molecule has 2 atom stereocenters. The van der Waals surface area contributed by atoms with Crippen LogP contribution in [-0.2, 0) is 14.3 Å². The van der Waals surface area contributed by atoms with Gasteiger partial charge in [-0.25, -0.2) is 0 Å². The van der Waals surface area contributed by atoms with Gasteiger partial charge in [-0.1, -0.05) is 6.07 Å². The zero-order chi connectivity index (χ0) is 23.4. The number of ketones is 1. The molecular weight excluding hydrogens is 424 g/mol. The standard InChI is InChI=1S/C25H28N2O6/c1-3-31-16-10-11-18(20(14-16)32-4-2)23(28)21-22(19-9-5-6-12-26-19)27(25(30)24(21)29)15-17-8-7-13-33-17/h5-6,9-12,14,17,22,28H,3-4,7-8,13,15H2,1-2H3/b23-21-. The molecule has 2 aromatic rings. The monoisotopic (exact) mass is 452 g/mol. The Morgan fingerprint density at radius 2 is 2.00 bits per heavy atom. The van der Waals surface area contributed by atoms with E-state index in [1.54, 1.807) is 42.6 Å². The third kappa shape index (κ3) is 4.57. The molecular formula is C25H28N2O6. The van der Waals surface area contributed by atoms with Crippen molar-refractivity contribution >= 4 is 17.4 Å². The molecule has 4 rings (SSSR count). The lowest BCUT2D eigenvalue weighted by molar-refractivity contribution is -0.140. The average molecular weight is 453 g/mol. The number of aliphatic hydroxyl groups excluding tert-OH is 1. The van der Waals surface area contributed by atoms with Crippen LogP contribution < -0.4 is 9.47 Å². The molecule has 3 heterocycles. The van der Waals surface area contributed by atoms with E-state index in [2.05, 4.69) is 4.98 Å². The van der Waals surface area contributed by atoms with Crippen LogP contribution in [0.2, 0.25) is 0 Å². The van der Waals surface area contributed by atoms with Gasteiger partial charge in [-0.15, -0.1) is 0 Å². The molecule has 0 radical (unpaired) electrons. The van der Waals surface area contributed by atoms with Crippen molar-refractivity contribution in [3.05, 3.63) is 59.4 Å². The first kappa shape index (κ1) is 22.8. The van der Waals surface area contributed by atoms with Gasteiger partial charge >= 0.3 is 0 Å². The Labute approximate surface area is 192 Å². The van der Waals surface area contributed by atoms with Crippen LogP contribution in [0.15, 0.2) is 48.2 Å². The molecule has 2 aliphatic heterocycles. The molecule has 33 heavy (non-hydrogen) atoms. The molecule has 0 aliphatic carbocycles. The van der Waals surface area contributed by atoms with E-state index in [1.807, 2.05) is 13.8 Å². The molecule has 2 unspecified atom stereocenters. The molecule has 0 spiro atoms. The number of likely N-dealkylation sites (tertiary alicyclic amines) is 1. The molecule has 2 saturated heterocycles. The maximum absolute atomic E-state index is 13.2. The van der Waals surface area contributed by atoms with Gasteiger partial charge in [0.15, 0.2) is 0 Å². The maximum Gasteiger partial charge on any atom is 0.295 e. The summed E-state index contributed by atoms with van der Waals surface area (Å²) < 4.78 is 17.0. The van der Waals surface area contributed by atoms with Gasteiger partial charge in [0.1, 0.15) is 23.3 Å². The van der Waals surface area contributed by atoms with Crippen LogP contribution in [0.5, 0.6) is 11.5 Å². The normalized spacial score (nSPS) is 22.1. The number of hydrogen-bond acceptors (Lipinski definition) is 7. The fourth-order valence-corrected chi connectivity index (χ4v) is 4.30. The molecule has 0 saturated carbocycles. The van der Waals surface area contributed by atoms with Gasteiger partial charge in [0.2, 0.25) is 0 Å². The van der Waals surface area contributed by atoms with E-state index in [0.717, 1.165) is 12.8 Å². The second-order valence-corrected chi connectivity index (χ2v) is 7.87. The molecule has 2 aliphatic rings. The van der Waals surface area contributed by atoms with Crippen molar-refractivity contribution in [2.75, 3.05) is 26.4 Å². The Kier molecular flexibility index (Phi) is 6.93. The topological polar surface area (TPSA) is 98.2 Å². The van der Waals surface area contributed by atoms with Gasteiger partial charge in [0.05, 0.1) is 36.1 Å². The summed E-state index contributed by atoms with van der Waals surface area (Å²) in [5, 5.41) is 11.3. The van der Waals surface area contributed by atoms with Crippen LogP contribution in [0.4, 0.5) is 0 Å². The van der Waals surface area contributed by atoms with E-state index in [0.29, 0.717) is 42.6 Å². The number of pyridine rings is 1. The van der Waals surface area contributed by atoms with Gasteiger partial charge in [-0.05, 0) is 51.0 Å². The average Bonchev–Trinajstić information content (AvgIpc) is 3.42. The van der Waals surface area contributed by atoms with Crippen LogP contribution in [-0.4, -0.2) is 59.2 Å². The molecule has 1 aromatic heterocycles. The van der Waals surface area contributed by atoms with Crippen molar-refractivity contribution in [3.63, 3.8) is 0 Å². The van der Waals surface area contributed by atoms with Crippen molar-refractivity contribution in [1.82, 2.24) is 9.88 Å². The van der Waals surface area contributed by atoms with Gasteiger partial charge in [-0.2, -0.15) is 0 Å². The predicted molar refractivity (Wildman–Crippen MR) is 121 cm³/mol. The maximum atomic E-state index is 13.2. The number of aliphatic hydroxyl groups is 1. The molecule has 2 fully saturated rings. The van der Waals surface area contributed by atoms with Crippen LogP contribution in [0.25, 0.3) is 5.76 Å². The van der Waals surface area contributed by atoms with Crippen LogP contribution in [0.1, 0.15) is 44.0 Å². The van der Waals surface area contributed by atoms with Crippen molar-refractivity contribution in [3.8, 4) is 11.5 Å². The highest BCUT2D eigenvalue weighted by atomic mass is 16.5. The highest BCUT2D eigenvalue weighted by molar-refractivity contribution is 6.46. The van der Waals surface area contributed by atoms with Gasteiger partial charge < -0.3 is 24.2 Å². The Hall–Kier alpha value is -3.39. The summed E-state index contributed by atoms with van der Waals surface area (Å²) in [5.74, 6) is -0.780. The van der Waals surface area contributed by atoms with Crippen molar-refractivity contribution in [1.29, 1.82) is 0 Å². The fourth-order valence-electron chi connectivity index (χ4n) is 4.30. The zero-order valence-corrected chi connectivity index (χ0v) is 18.8. The number of benzene rings is 1. The molecule has 8 heteroatoms. The number of ether oxygens (including phenoxy) is 3. The number of Topliss-reactive ketones (excluding diaryl/α,β-unsaturated/α-hetero) is 1. The van der Waals surface area contributed by atoms with E-state index in [4.69, 9.17) is 14.2 Å². The Morgan fingerprint density at radius 3 is 2.67 bits per heavy atom. The van der Waals surface area contributed by atoms with Crippen molar-refractivity contribution in [2.45, 2.75) is 38.8 Å². The molecule has 0 bridgehead atoms. The van der Waals surface area contributed by atoms with E-state index >= 15 is 0 Å². The smallest absolute Gasteiger partial charge is 0.295 e. The van der Waals surface area contributed by atoms with Gasteiger partial charge in [0.25, 0.3) is 11.7 Å². The summed E-state index contributed by atoms with van der Waals surface area (Å²) in [6, 6.07) is 9.46. The van der Waals surface area contributed by atoms with Crippen LogP contribution in [0, 0.1) is 0 Å². The van der Waals surface area contributed by atoms with Crippen molar-refractivity contribution in [2.24, 2.45) is 0 Å². The van der Waals surface area contributed by atoms with Crippen molar-refractivity contribution < 1.29 is 28.9 Å². The first-order valence-corrected chi connectivity index (χ1v) is 11.3. The van der Waals surface area contributed by atoms with Gasteiger partial charge in [-0.3, -0.25) is 14.6 Å². The minimum Gasteiger partial charge on any atom is -0.507 e. The first-order chi connectivity index (χ1) is 16.0.